The Labute approximate surface area is 327 Å². The van der Waals surface area contributed by atoms with Gasteiger partial charge in [0.2, 0.25) is 17.7 Å². The number of carbonyl (C=O) groups is 3. The SMILES string of the molecule is Cc1ncsc1-c1ccc(CNC(=O)[C@@H]2C[C@@H](O)CN2C(=O)[C@@H](NC(=O)CCOCCOCCOCCOCCOCCOCCN=[N+]=[N-])C(C)(C)C)cc1. The van der Waals surface area contributed by atoms with E-state index in [0.717, 1.165) is 21.7 Å². The normalized spacial score (nSPS) is 16.1. The number of hydrogen-bond acceptors (Lipinski definition) is 13. The third kappa shape index (κ3) is 17.3. The summed E-state index contributed by atoms with van der Waals surface area (Å²) in [5, 5.41) is 19.6. The highest BCUT2D eigenvalue weighted by atomic mass is 32.1. The first-order valence-corrected chi connectivity index (χ1v) is 19.4. The average molecular weight is 792 g/mol. The third-order valence-corrected chi connectivity index (χ3v) is 9.42. The van der Waals surface area contributed by atoms with Crippen LogP contribution in [-0.4, -0.2) is 143 Å². The number of aromatic nitrogens is 1. The van der Waals surface area contributed by atoms with Crippen LogP contribution in [0, 0.1) is 12.3 Å². The standard InChI is InChI=1S/C37H57N7O10S/c1-27-33(55-26-40-27)29-7-5-28(6-8-29)24-39-35(47)31-23-30(45)25-44(31)36(48)34(37(2,3)4)42-32(46)9-11-49-13-15-51-17-19-53-21-22-54-20-18-52-16-14-50-12-10-41-43-38/h5-8,26,30-31,34,45H,9-25H2,1-4H3,(H,39,47)(H,42,46)/t30-,31+,34-/m1/s1. The van der Waals surface area contributed by atoms with E-state index in [0.29, 0.717) is 72.6 Å². The maximum absolute atomic E-state index is 13.8. The quantitative estimate of drug-likeness (QED) is 0.0518. The van der Waals surface area contributed by atoms with Crippen LogP contribution in [0.3, 0.4) is 0 Å². The predicted octanol–water partition coefficient (Wildman–Crippen LogP) is 3.03. The highest BCUT2D eigenvalue weighted by Crippen LogP contribution is 2.28. The van der Waals surface area contributed by atoms with Crippen molar-refractivity contribution in [3.8, 4) is 10.4 Å². The summed E-state index contributed by atoms with van der Waals surface area (Å²) in [6.07, 6.45) is -0.707. The lowest BCUT2D eigenvalue weighted by atomic mass is 9.85. The molecule has 1 saturated heterocycles. The van der Waals surface area contributed by atoms with Gasteiger partial charge in [-0.2, -0.15) is 0 Å². The molecule has 3 rings (SSSR count). The second kappa shape index (κ2) is 25.4. The molecule has 1 aliphatic rings. The molecule has 1 fully saturated rings. The van der Waals surface area contributed by atoms with E-state index in [-0.39, 0.29) is 51.0 Å². The van der Waals surface area contributed by atoms with E-state index in [1.807, 2.05) is 57.5 Å². The molecule has 0 spiro atoms. The van der Waals surface area contributed by atoms with Gasteiger partial charge in [0, 0.05) is 37.4 Å². The third-order valence-electron chi connectivity index (χ3n) is 8.44. The molecule has 18 heteroatoms. The summed E-state index contributed by atoms with van der Waals surface area (Å²) < 4.78 is 32.6. The number of nitrogens with zero attached hydrogens (tertiary/aromatic N) is 5. The minimum atomic E-state index is -0.918. The van der Waals surface area contributed by atoms with Crippen molar-refractivity contribution < 1.29 is 47.9 Å². The van der Waals surface area contributed by atoms with Crippen LogP contribution in [0.25, 0.3) is 20.9 Å². The minimum absolute atomic E-state index is 0.000723. The monoisotopic (exact) mass is 791 g/mol. The van der Waals surface area contributed by atoms with Crippen LogP contribution in [0.5, 0.6) is 0 Å². The molecule has 0 radical (unpaired) electrons. The van der Waals surface area contributed by atoms with Crippen LogP contribution in [-0.2, 0) is 49.3 Å². The number of carbonyl (C=O) groups excluding carboxylic acids is 3. The Morgan fingerprint density at radius 2 is 1.47 bits per heavy atom. The number of azide groups is 1. The van der Waals surface area contributed by atoms with Crippen LogP contribution in [0.1, 0.15) is 44.9 Å². The van der Waals surface area contributed by atoms with E-state index in [2.05, 4.69) is 25.6 Å². The number of aliphatic hydroxyl groups is 1. The molecule has 2 heterocycles. The summed E-state index contributed by atoms with van der Waals surface area (Å²) in [4.78, 5) is 49.5. The van der Waals surface area contributed by atoms with Gasteiger partial charge in [0.05, 0.1) is 101 Å². The molecular weight excluding hydrogens is 735 g/mol. The number of hydrogen-bond donors (Lipinski definition) is 3. The van der Waals surface area contributed by atoms with Crippen LogP contribution < -0.4 is 10.6 Å². The topological polar surface area (TPSA) is 216 Å². The molecule has 3 atom stereocenters. The van der Waals surface area contributed by atoms with Crippen LogP contribution in [0.4, 0.5) is 0 Å². The Hall–Kier alpha value is -3.71. The lowest BCUT2D eigenvalue weighted by molar-refractivity contribution is -0.144. The van der Waals surface area contributed by atoms with Crippen molar-refractivity contribution in [3.05, 3.63) is 51.5 Å². The molecule has 0 saturated carbocycles. The molecule has 306 valence electrons. The van der Waals surface area contributed by atoms with E-state index >= 15 is 0 Å². The zero-order valence-corrected chi connectivity index (χ0v) is 33.2. The second-order valence-electron chi connectivity index (χ2n) is 13.8. The van der Waals surface area contributed by atoms with Crippen molar-refractivity contribution >= 4 is 29.1 Å². The summed E-state index contributed by atoms with van der Waals surface area (Å²) in [6, 6.07) is 6.08. The number of ether oxygens (including phenoxy) is 6. The molecule has 1 aromatic carbocycles. The molecule has 17 nitrogen and oxygen atoms in total. The highest BCUT2D eigenvalue weighted by molar-refractivity contribution is 7.13. The van der Waals surface area contributed by atoms with Crippen molar-refractivity contribution in [2.24, 2.45) is 10.5 Å². The number of nitrogens with one attached hydrogen (secondary N) is 2. The smallest absolute Gasteiger partial charge is 0.246 e. The van der Waals surface area contributed by atoms with Crippen molar-refractivity contribution in [1.29, 1.82) is 0 Å². The average Bonchev–Trinajstić information content (AvgIpc) is 3.78. The van der Waals surface area contributed by atoms with Crippen molar-refractivity contribution in [3.63, 3.8) is 0 Å². The molecule has 2 aromatic rings. The molecule has 0 aliphatic carbocycles. The van der Waals surface area contributed by atoms with Crippen molar-refractivity contribution in [1.82, 2.24) is 20.5 Å². The number of aliphatic hydroxyl groups excluding tert-OH is 1. The lowest BCUT2D eigenvalue weighted by Crippen LogP contribution is -2.57. The van der Waals surface area contributed by atoms with Gasteiger partial charge in [-0.15, -0.1) is 11.3 Å². The molecule has 3 amide bonds. The van der Waals surface area contributed by atoms with Crippen LogP contribution in [0.15, 0.2) is 34.9 Å². The first-order valence-electron chi connectivity index (χ1n) is 18.5. The number of amides is 3. The predicted molar refractivity (Wildman–Crippen MR) is 205 cm³/mol. The summed E-state index contributed by atoms with van der Waals surface area (Å²) >= 11 is 1.57. The molecule has 55 heavy (non-hydrogen) atoms. The molecule has 0 bridgehead atoms. The largest absolute Gasteiger partial charge is 0.391 e. The van der Waals surface area contributed by atoms with E-state index in [1.165, 1.54) is 4.90 Å². The Morgan fingerprint density at radius 3 is 1.98 bits per heavy atom. The summed E-state index contributed by atoms with van der Waals surface area (Å²) in [7, 11) is 0. The molecule has 0 unspecified atom stereocenters. The van der Waals surface area contributed by atoms with Gasteiger partial charge in [0.1, 0.15) is 12.1 Å². The van der Waals surface area contributed by atoms with Crippen molar-refractivity contribution in [2.45, 2.75) is 65.3 Å². The maximum atomic E-state index is 13.8. The summed E-state index contributed by atoms with van der Waals surface area (Å²) in [5.41, 5.74) is 12.2. The summed E-state index contributed by atoms with van der Waals surface area (Å²) in [6.45, 7) is 12.6. The van der Waals surface area contributed by atoms with Crippen LogP contribution >= 0.6 is 11.3 Å². The van der Waals surface area contributed by atoms with Gasteiger partial charge in [0.25, 0.3) is 0 Å². The second-order valence-corrected chi connectivity index (χ2v) is 14.7. The van der Waals surface area contributed by atoms with Gasteiger partial charge in [-0.25, -0.2) is 4.98 Å². The lowest BCUT2D eigenvalue weighted by Gasteiger charge is -2.35. The molecule has 1 aliphatic heterocycles. The number of rotatable bonds is 27. The van der Waals surface area contributed by atoms with E-state index in [4.69, 9.17) is 34.0 Å². The number of β-amino-alcohol motifs (C(OH)–C–C–N with tert-alkyl or cyclic N) is 1. The van der Waals surface area contributed by atoms with Gasteiger partial charge >= 0.3 is 0 Å². The molecule has 1 aromatic heterocycles. The number of benzene rings is 1. The summed E-state index contributed by atoms with van der Waals surface area (Å²) in [5.74, 6) is -1.14. The van der Waals surface area contributed by atoms with Gasteiger partial charge in [-0.05, 0) is 29.0 Å². The van der Waals surface area contributed by atoms with Gasteiger partial charge in [0.15, 0.2) is 0 Å². The van der Waals surface area contributed by atoms with Gasteiger partial charge in [-0.1, -0.05) is 50.2 Å². The molecule has 3 N–H and O–H groups in total. The van der Waals surface area contributed by atoms with Crippen LogP contribution in [0.2, 0.25) is 0 Å². The Kier molecular flexibility index (Phi) is 21.1. The first kappa shape index (κ1) is 45.7. The number of thiazole rings is 1. The van der Waals surface area contributed by atoms with E-state index in [1.54, 1.807) is 11.3 Å². The Bertz CT molecular complexity index is 1480. The maximum Gasteiger partial charge on any atom is 0.246 e. The number of likely N-dealkylation sites (tertiary alicyclic amines) is 1. The fourth-order valence-corrected chi connectivity index (χ4v) is 6.34. The first-order chi connectivity index (χ1) is 26.5. The zero-order valence-electron chi connectivity index (χ0n) is 32.4. The number of aryl methyl sites for hydroxylation is 1. The minimum Gasteiger partial charge on any atom is -0.391 e. The van der Waals surface area contributed by atoms with Gasteiger partial charge in [-0.3, -0.25) is 14.4 Å². The fraction of sp³-hybridized carbons (Fsp3) is 0.676. The Balaban J connectivity index is 1.27. The highest BCUT2D eigenvalue weighted by Gasteiger charge is 2.44. The van der Waals surface area contributed by atoms with Crippen molar-refractivity contribution in [2.75, 3.05) is 92.4 Å². The molecular formula is C37H57N7O10S. The fourth-order valence-electron chi connectivity index (χ4n) is 5.53. The zero-order chi connectivity index (χ0) is 39.9. The Morgan fingerprint density at radius 1 is 0.927 bits per heavy atom. The van der Waals surface area contributed by atoms with E-state index < -0.39 is 29.5 Å². The van der Waals surface area contributed by atoms with Gasteiger partial charge < -0.3 is 49.1 Å². The van der Waals surface area contributed by atoms with E-state index in [9.17, 15) is 19.5 Å².